The summed E-state index contributed by atoms with van der Waals surface area (Å²) in [6.45, 7) is 0.645. The van der Waals surface area contributed by atoms with Crippen molar-refractivity contribution in [1.29, 1.82) is 0 Å². The molecule has 0 aliphatic carbocycles. The van der Waals surface area contributed by atoms with Crippen LogP contribution in [0.5, 0.6) is 0 Å². The van der Waals surface area contributed by atoms with E-state index in [1.165, 1.54) is 9.26 Å². The summed E-state index contributed by atoms with van der Waals surface area (Å²) in [5, 5.41) is 0. The second-order valence-electron chi connectivity index (χ2n) is 2.02. The van der Waals surface area contributed by atoms with Crippen molar-refractivity contribution in [3.05, 3.63) is 29.8 Å². The van der Waals surface area contributed by atoms with E-state index < -0.39 is 0 Å². The van der Waals surface area contributed by atoms with E-state index in [0.717, 1.165) is 0 Å². The first-order chi connectivity index (χ1) is 4.33. The summed E-state index contributed by atoms with van der Waals surface area (Å²) >= 11 is 1.88. The summed E-state index contributed by atoms with van der Waals surface area (Å²) in [6, 6.07) is 8.26. The molecule has 3 heteroatoms. The minimum Gasteiger partial charge on any atom is -1.00 e. The molecule has 10 heavy (non-hydrogen) atoms. The molecule has 0 saturated carbocycles. The molecule has 0 unspecified atom stereocenters. The van der Waals surface area contributed by atoms with E-state index >= 15 is 0 Å². The van der Waals surface area contributed by atoms with Crippen molar-refractivity contribution in [1.82, 2.24) is 0 Å². The maximum absolute atomic E-state index is 5.42. The van der Waals surface area contributed by atoms with Gasteiger partial charge in [0.2, 0.25) is 0 Å². The molecule has 1 aromatic carbocycles. The van der Waals surface area contributed by atoms with Gasteiger partial charge in [-0.15, -0.1) is 0 Å². The number of hydrogen-bond donors (Lipinski definition) is 1. The Kier molecular flexibility index (Phi) is 5.34. The minimum atomic E-state index is 0. The Balaban J connectivity index is 0.000000810. The van der Waals surface area contributed by atoms with Crippen LogP contribution in [0.2, 0.25) is 0 Å². The van der Waals surface area contributed by atoms with E-state index in [9.17, 15) is 0 Å². The molecule has 1 nitrogen and oxygen atoms in total. The molecule has 1 aromatic rings. The molecular formula is C7H8BrMgN. The van der Waals surface area contributed by atoms with Gasteiger partial charge in [-0.25, -0.2) is 0 Å². The molecule has 0 fully saturated rings. The number of nitrogens with two attached hydrogens (primary N) is 1. The zero-order chi connectivity index (χ0) is 6.69. The summed E-state index contributed by atoms with van der Waals surface area (Å²) < 4.78 is 1.30. The number of halogens is 1. The van der Waals surface area contributed by atoms with Crippen molar-refractivity contribution in [2.45, 2.75) is 6.54 Å². The van der Waals surface area contributed by atoms with Crippen molar-refractivity contribution in [2.24, 2.45) is 5.73 Å². The van der Waals surface area contributed by atoms with Crippen LogP contribution in [0.1, 0.15) is 5.56 Å². The summed E-state index contributed by atoms with van der Waals surface area (Å²) in [7, 11) is 0. The Labute approximate surface area is 84.2 Å². The van der Waals surface area contributed by atoms with Crippen LogP contribution >= 0.6 is 0 Å². The van der Waals surface area contributed by atoms with Crippen LogP contribution in [0, 0.1) is 0 Å². The van der Waals surface area contributed by atoms with Gasteiger partial charge < -0.3 is 17.0 Å². The van der Waals surface area contributed by atoms with Gasteiger partial charge in [0.25, 0.3) is 0 Å². The van der Waals surface area contributed by atoms with E-state index in [0.29, 0.717) is 6.54 Å². The zero-order valence-corrected chi connectivity index (χ0v) is 8.68. The Morgan fingerprint density at radius 2 is 2.10 bits per heavy atom. The minimum absolute atomic E-state index is 0. The second-order valence-corrected chi connectivity index (χ2v) is 2.84. The van der Waals surface area contributed by atoms with Gasteiger partial charge in [-0.3, -0.25) is 0 Å². The van der Waals surface area contributed by atoms with E-state index in [4.69, 9.17) is 5.73 Å². The Bertz CT molecular complexity index is 203. The molecule has 0 saturated heterocycles. The summed E-state index contributed by atoms with van der Waals surface area (Å²) in [5.41, 5.74) is 6.63. The van der Waals surface area contributed by atoms with Gasteiger partial charge in [0.1, 0.15) is 0 Å². The SMILES string of the molecule is NCc1ccc[c]([Mg+])c1.[Br-]. The molecule has 0 bridgehead atoms. The molecule has 2 N–H and O–H groups in total. The van der Waals surface area contributed by atoms with Gasteiger partial charge in [0, 0.05) is 0 Å². The number of hydrogen-bond acceptors (Lipinski definition) is 1. The molecule has 0 heterocycles. The van der Waals surface area contributed by atoms with Crippen molar-refractivity contribution in [3.8, 4) is 0 Å². The van der Waals surface area contributed by atoms with Crippen LogP contribution in [-0.4, -0.2) is 21.7 Å². The molecular weight excluding hydrogens is 202 g/mol. The Morgan fingerprint density at radius 1 is 1.40 bits per heavy atom. The van der Waals surface area contributed by atoms with Crippen LogP contribution < -0.4 is 26.4 Å². The topological polar surface area (TPSA) is 26.0 Å². The van der Waals surface area contributed by atoms with Gasteiger partial charge in [-0.2, -0.15) is 0 Å². The largest absolute Gasteiger partial charge is 1.00 e. The van der Waals surface area contributed by atoms with Crippen molar-refractivity contribution in [2.75, 3.05) is 0 Å². The Morgan fingerprint density at radius 3 is 2.50 bits per heavy atom. The van der Waals surface area contributed by atoms with Crippen LogP contribution in [-0.2, 0) is 6.54 Å². The van der Waals surface area contributed by atoms with Gasteiger partial charge in [0.15, 0.2) is 0 Å². The third-order valence-electron chi connectivity index (χ3n) is 1.23. The Hall–Kier alpha value is 0.426. The molecule has 0 aromatic heterocycles. The summed E-state index contributed by atoms with van der Waals surface area (Å²) in [4.78, 5) is 0. The van der Waals surface area contributed by atoms with Gasteiger partial charge in [0.05, 0.1) is 0 Å². The smallest absolute Gasteiger partial charge is 1.00 e. The summed E-state index contributed by atoms with van der Waals surface area (Å²) in [6.07, 6.45) is 0. The number of rotatable bonds is 1. The van der Waals surface area contributed by atoms with Crippen LogP contribution in [0.25, 0.3) is 0 Å². The van der Waals surface area contributed by atoms with E-state index in [1.807, 2.05) is 33.8 Å². The van der Waals surface area contributed by atoms with Crippen LogP contribution in [0.15, 0.2) is 24.3 Å². The predicted molar refractivity (Wildman–Crippen MR) is 39.7 cm³/mol. The molecule has 50 valence electrons. The molecule has 0 atom stereocenters. The maximum Gasteiger partial charge on any atom is -1.00 e. The standard InChI is InChI=1S/C7H8N.BrH.Mg/c8-6-7-4-2-1-3-5-7;;/h1-2,4-5H,6,8H2;1H;/q;;+1/p-1. The maximum atomic E-state index is 5.42. The first kappa shape index (κ1) is 10.4. The number of benzene rings is 1. The van der Waals surface area contributed by atoms with Gasteiger partial charge >= 0.3 is 67.5 Å². The molecule has 0 radical (unpaired) electrons. The van der Waals surface area contributed by atoms with Crippen molar-refractivity contribution >= 4 is 25.4 Å². The fraction of sp³-hybridized carbons (Fsp3) is 0.143. The molecule has 0 spiro atoms. The first-order valence-electron chi connectivity index (χ1n) is 2.94. The van der Waals surface area contributed by atoms with Crippen LogP contribution in [0.4, 0.5) is 0 Å². The van der Waals surface area contributed by atoms with Crippen molar-refractivity contribution in [3.63, 3.8) is 0 Å². The second kappa shape index (κ2) is 5.13. The molecule has 0 amide bonds. The van der Waals surface area contributed by atoms with Crippen LogP contribution in [0.3, 0.4) is 0 Å². The fourth-order valence-electron chi connectivity index (χ4n) is 0.757. The summed E-state index contributed by atoms with van der Waals surface area (Å²) in [5.74, 6) is 0. The first-order valence-corrected chi connectivity index (χ1v) is 3.64. The van der Waals surface area contributed by atoms with Gasteiger partial charge in [-0.1, -0.05) is 0 Å². The zero-order valence-electron chi connectivity index (χ0n) is 5.68. The predicted octanol–water partition coefficient (Wildman–Crippen LogP) is -3.06. The van der Waals surface area contributed by atoms with E-state index in [2.05, 4.69) is 12.1 Å². The third-order valence-corrected chi connectivity index (χ3v) is 1.67. The average molecular weight is 210 g/mol. The quantitative estimate of drug-likeness (QED) is 0.490. The molecule has 0 aliphatic rings. The average Bonchev–Trinajstić information content (AvgIpc) is 1.88. The van der Waals surface area contributed by atoms with Crippen molar-refractivity contribution < 1.29 is 17.0 Å². The van der Waals surface area contributed by atoms with E-state index in [1.54, 1.807) is 0 Å². The third kappa shape index (κ3) is 3.01. The normalized spacial score (nSPS) is 8.70. The monoisotopic (exact) mass is 209 g/mol. The molecule has 1 rings (SSSR count). The van der Waals surface area contributed by atoms with Gasteiger partial charge in [-0.05, 0) is 0 Å². The van der Waals surface area contributed by atoms with E-state index in [-0.39, 0.29) is 17.0 Å². The molecule has 0 aliphatic heterocycles. The fourth-order valence-corrected chi connectivity index (χ4v) is 1.15.